The van der Waals surface area contributed by atoms with Crippen molar-refractivity contribution in [2.75, 3.05) is 26.2 Å². The molecule has 8 nitrogen and oxygen atoms in total. The lowest BCUT2D eigenvalue weighted by atomic mass is 10.2. The Morgan fingerprint density at radius 3 is 3.00 bits per heavy atom. The van der Waals surface area contributed by atoms with Gasteiger partial charge in [-0.2, -0.15) is 10.2 Å². The van der Waals surface area contributed by atoms with Crippen molar-refractivity contribution >= 4 is 0 Å². The van der Waals surface area contributed by atoms with Gasteiger partial charge in [-0.25, -0.2) is 4.98 Å². The molecule has 0 saturated carbocycles. The van der Waals surface area contributed by atoms with E-state index in [1.54, 1.807) is 10.9 Å². The highest BCUT2D eigenvalue weighted by Gasteiger charge is 2.26. The Morgan fingerprint density at radius 2 is 2.30 bits per heavy atom. The number of aromatic amines is 1. The van der Waals surface area contributed by atoms with Crippen LogP contribution in [0, 0.1) is 0 Å². The van der Waals surface area contributed by atoms with Gasteiger partial charge in [0.2, 0.25) is 0 Å². The van der Waals surface area contributed by atoms with Crippen LogP contribution in [0.2, 0.25) is 0 Å². The van der Waals surface area contributed by atoms with Crippen LogP contribution in [-0.2, 0) is 11.3 Å². The van der Waals surface area contributed by atoms with Crippen molar-refractivity contribution in [3.05, 3.63) is 30.1 Å². The van der Waals surface area contributed by atoms with Gasteiger partial charge in [0.25, 0.3) is 0 Å². The number of aromatic nitrogens is 5. The number of aliphatic hydroxyl groups excluding tert-OH is 1. The fourth-order valence-corrected chi connectivity index (χ4v) is 2.70. The third-order valence-corrected chi connectivity index (χ3v) is 3.92. The minimum atomic E-state index is -0.463. The highest BCUT2D eigenvalue weighted by atomic mass is 16.5. The number of morpholine rings is 1. The largest absolute Gasteiger partial charge is 0.390 e. The van der Waals surface area contributed by atoms with Gasteiger partial charge >= 0.3 is 0 Å². The van der Waals surface area contributed by atoms with Gasteiger partial charge in [0.05, 0.1) is 19.3 Å². The van der Waals surface area contributed by atoms with E-state index in [0.717, 1.165) is 18.2 Å². The summed E-state index contributed by atoms with van der Waals surface area (Å²) in [6.07, 6.45) is 2.98. The summed E-state index contributed by atoms with van der Waals surface area (Å²) in [6.45, 7) is 7.33. The summed E-state index contributed by atoms with van der Waals surface area (Å²) in [5.41, 5.74) is 0. The molecule has 3 rings (SSSR count). The van der Waals surface area contributed by atoms with Crippen LogP contribution in [-0.4, -0.2) is 67.3 Å². The molecule has 2 N–H and O–H groups in total. The number of nitrogens with one attached hydrogen (secondary N) is 1. The first-order valence-electron chi connectivity index (χ1n) is 8.03. The van der Waals surface area contributed by atoms with Crippen molar-refractivity contribution in [1.29, 1.82) is 0 Å². The van der Waals surface area contributed by atoms with E-state index in [-0.39, 0.29) is 12.0 Å². The van der Waals surface area contributed by atoms with Crippen LogP contribution in [0.1, 0.15) is 37.5 Å². The van der Waals surface area contributed by atoms with Gasteiger partial charge in [-0.05, 0) is 6.07 Å². The number of H-pyrrole nitrogens is 1. The van der Waals surface area contributed by atoms with E-state index >= 15 is 0 Å². The summed E-state index contributed by atoms with van der Waals surface area (Å²) in [6, 6.07) is 1.85. The first kappa shape index (κ1) is 16.1. The highest BCUT2D eigenvalue weighted by molar-refractivity contribution is 4.99. The molecule has 0 aliphatic carbocycles. The van der Waals surface area contributed by atoms with E-state index in [4.69, 9.17) is 4.74 Å². The average molecular weight is 320 g/mol. The number of rotatable bonds is 6. The van der Waals surface area contributed by atoms with Gasteiger partial charge in [0.15, 0.2) is 11.6 Å². The number of nitrogens with zero attached hydrogens (tertiary/aromatic N) is 5. The van der Waals surface area contributed by atoms with Gasteiger partial charge in [-0.1, -0.05) is 13.8 Å². The number of β-amino-alcohol motifs (C(OH)–C–C–N with tert-alkyl or cyclic N) is 1. The molecule has 1 aliphatic rings. The second-order valence-corrected chi connectivity index (χ2v) is 6.23. The van der Waals surface area contributed by atoms with Crippen LogP contribution in [0.4, 0.5) is 0 Å². The molecule has 23 heavy (non-hydrogen) atoms. The average Bonchev–Trinajstić information content (AvgIpc) is 3.18. The Bertz CT molecular complexity index is 597. The lowest BCUT2D eigenvalue weighted by Gasteiger charge is -2.33. The fraction of sp³-hybridized carbons (Fsp3) is 0.667. The van der Waals surface area contributed by atoms with Crippen molar-refractivity contribution < 1.29 is 9.84 Å². The van der Waals surface area contributed by atoms with E-state index in [1.807, 2.05) is 12.3 Å². The van der Waals surface area contributed by atoms with Crippen LogP contribution in [0.15, 0.2) is 18.5 Å². The molecule has 0 amide bonds. The second kappa shape index (κ2) is 7.20. The smallest absolute Gasteiger partial charge is 0.155 e. The van der Waals surface area contributed by atoms with Crippen LogP contribution in [0.3, 0.4) is 0 Å². The fourth-order valence-electron chi connectivity index (χ4n) is 2.70. The summed E-state index contributed by atoms with van der Waals surface area (Å²) >= 11 is 0. The minimum Gasteiger partial charge on any atom is -0.390 e. The van der Waals surface area contributed by atoms with E-state index in [0.29, 0.717) is 26.2 Å². The van der Waals surface area contributed by atoms with Gasteiger partial charge in [-0.15, -0.1) is 0 Å². The maximum absolute atomic E-state index is 10.2. The zero-order chi connectivity index (χ0) is 16.2. The molecular formula is C15H24N6O2. The number of hydrogen-bond donors (Lipinski definition) is 2. The molecule has 2 aromatic heterocycles. The molecule has 8 heteroatoms. The molecule has 0 spiro atoms. The van der Waals surface area contributed by atoms with Crippen molar-refractivity contribution in [3.8, 4) is 0 Å². The van der Waals surface area contributed by atoms with Gasteiger partial charge < -0.3 is 9.84 Å². The topological polar surface area (TPSA) is 92.1 Å². The molecule has 1 aliphatic heterocycles. The quantitative estimate of drug-likeness (QED) is 0.808. The summed E-state index contributed by atoms with van der Waals surface area (Å²) in [7, 11) is 0. The lowest BCUT2D eigenvalue weighted by Crippen LogP contribution is -2.43. The second-order valence-electron chi connectivity index (χ2n) is 6.23. The van der Waals surface area contributed by atoms with E-state index < -0.39 is 6.10 Å². The standard InChI is InChI=1S/C15H24N6O2/c1-11(2)14-17-15(19-18-14)13-10-20(6-7-23-13)8-12(22)9-21-5-3-4-16-21/h3-5,11-13,22H,6-10H2,1-2H3,(H,17,18,19)/t12-,13+/m1/s1. The Labute approximate surface area is 135 Å². The molecule has 0 bridgehead atoms. The molecule has 0 aromatic carbocycles. The molecule has 1 fully saturated rings. The zero-order valence-corrected chi connectivity index (χ0v) is 13.6. The molecule has 126 valence electrons. The first-order chi connectivity index (χ1) is 11.1. The van der Waals surface area contributed by atoms with Crippen LogP contribution < -0.4 is 0 Å². The maximum Gasteiger partial charge on any atom is 0.155 e. The molecule has 2 aromatic rings. The Morgan fingerprint density at radius 1 is 1.43 bits per heavy atom. The van der Waals surface area contributed by atoms with Crippen molar-refractivity contribution in [3.63, 3.8) is 0 Å². The highest BCUT2D eigenvalue weighted by Crippen LogP contribution is 2.20. The third-order valence-electron chi connectivity index (χ3n) is 3.92. The van der Waals surface area contributed by atoms with Gasteiger partial charge in [0.1, 0.15) is 6.10 Å². The molecular weight excluding hydrogens is 296 g/mol. The van der Waals surface area contributed by atoms with Crippen molar-refractivity contribution in [1.82, 2.24) is 29.9 Å². The molecule has 0 radical (unpaired) electrons. The number of ether oxygens (including phenoxy) is 1. The molecule has 3 heterocycles. The lowest BCUT2D eigenvalue weighted by molar-refractivity contribution is -0.0473. The molecule has 0 unspecified atom stereocenters. The molecule has 1 saturated heterocycles. The Balaban J connectivity index is 1.55. The zero-order valence-electron chi connectivity index (χ0n) is 13.6. The number of hydrogen-bond acceptors (Lipinski definition) is 6. The number of aliphatic hydroxyl groups is 1. The summed E-state index contributed by atoms with van der Waals surface area (Å²) < 4.78 is 7.54. The van der Waals surface area contributed by atoms with Gasteiger partial charge in [0, 0.05) is 37.9 Å². The summed E-state index contributed by atoms with van der Waals surface area (Å²) in [5, 5.41) is 21.6. The third kappa shape index (κ3) is 4.15. The summed E-state index contributed by atoms with van der Waals surface area (Å²) in [4.78, 5) is 6.71. The summed E-state index contributed by atoms with van der Waals surface area (Å²) in [5.74, 6) is 1.86. The monoisotopic (exact) mass is 320 g/mol. The minimum absolute atomic E-state index is 0.124. The van der Waals surface area contributed by atoms with Crippen LogP contribution >= 0.6 is 0 Å². The van der Waals surface area contributed by atoms with E-state index in [2.05, 4.69) is 39.0 Å². The normalized spacial score (nSPS) is 21.0. The van der Waals surface area contributed by atoms with Crippen LogP contribution in [0.5, 0.6) is 0 Å². The predicted molar refractivity (Wildman–Crippen MR) is 83.8 cm³/mol. The van der Waals surface area contributed by atoms with Crippen molar-refractivity contribution in [2.24, 2.45) is 0 Å². The van der Waals surface area contributed by atoms with Crippen molar-refractivity contribution in [2.45, 2.75) is 38.5 Å². The van der Waals surface area contributed by atoms with E-state index in [1.165, 1.54) is 0 Å². The maximum atomic E-state index is 10.2. The Hall–Kier alpha value is -1.77. The molecule has 2 atom stereocenters. The first-order valence-corrected chi connectivity index (χ1v) is 8.03. The Kier molecular flexibility index (Phi) is 5.04. The predicted octanol–water partition coefficient (Wildman–Crippen LogP) is 0.559. The van der Waals surface area contributed by atoms with Crippen LogP contribution in [0.25, 0.3) is 0 Å². The SMILES string of the molecule is CC(C)c1n[nH]c([C@@H]2CN(C[C@@H](O)Cn3cccn3)CCO2)n1. The van der Waals surface area contributed by atoms with Gasteiger partial charge in [-0.3, -0.25) is 14.7 Å². The van der Waals surface area contributed by atoms with E-state index in [9.17, 15) is 5.11 Å².